The number of amides is 1. The molecule has 2 N–H and O–H groups in total. The average Bonchev–Trinajstić information content (AvgIpc) is 2.29. The van der Waals surface area contributed by atoms with E-state index in [0.29, 0.717) is 12.0 Å². The quantitative estimate of drug-likeness (QED) is 0.692. The molecule has 0 saturated carbocycles. The molecule has 4 nitrogen and oxygen atoms in total. The van der Waals surface area contributed by atoms with E-state index < -0.39 is 6.17 Å². The van der Waals surface area contributed by atoms with E-state index in [1.54, 1.807) is 24.6 Å². The summed E-state index contributed by atoms with van der Waals surface area (Å²) < 4.78 is 0. The van der Waals surface area contributed by atoms with E-state index in [1.807, 2.05) is 19.1 Å². The molecule has 0 aliphatic carbocycles. The third-order valence-electron chi connectivity index (χ3n) is 2.57. The molecule has 2 heterocycles. The SMILES string of the molecule is C/C=C/CC1=CNC2C(O)=CC=CN2C1=O. The van der Waals surface area contributed by atoms with Crippen molar-refractivity contribution in [1.82, 2.24) is 10.2 Å². The molecule has 0 saturated heterocycles. The molecule has 2 aliphatic heterocycles. The first-order valence-corrected chi connectivity index (χ1v) is 5.20. The molecule has 4 heteroatoms. The maximum absolute atomic E-state index is 12.0. The van der Waals surface area contributed by atoms with Gasteiger partial charge in [0.25, 0.3) is 5.91 Å². The van der Waals surface area contributed by atoms with Crippen LogP contribution < -0.4 is 5.32 Å². The van der Waals surface area contributed by atoms with E-state index in [1.165, 1.54) is 4.90 Å². The monoisotopic (exact) mass is 218 g/mol. The minimum absolute atomic E-state index is 0.0715. The molecule has 2 rings (SSSR count). The van der Waals surface area contributed by atoms with E-state index in [2.05, 4.69) is 5.32 Å². The van der Waals surface area contributed by atoms with E-state index in [4.69, 9.17) is 0 Å². The second kappa shape index (κ2) is 4.26. The number of hydrogen-bond donors (Lipinski definition) is 2. The van der Waals surface area contributed by atoms with E-state index >= 15 is 0 Å². The predicted molar refractivity (Wildman–Crippen MR) is 61.1 cm³/mol. The number of aliphatic hydroxyl groups is 1. The minimum Gasteiger partial charge on any atom is -0.508 e. The van der Waals surface area contributed by atoms with E-state index in [9.17, 15) is 9.90 Å². The number of nitrogens with zero attached hydrogens (tertiary/aromatic N) is 1. The summed E-state index contributed by atoms with van der Waals surface area (Å²) in [7, 11) is 0. The summed E-state index contributed by atoms with van der Waals surface area (Å²) in [6.45, 7) is 1.92. The molecule has 1 atom stereocenters. The van der Waals surface area contributed by atoms with Crippen molar-refractivity contribution in [1.29, 1.82) is 0 Å². The van der Waals surface area contributed by atoms with Gasteiger partial charge in [-0.15, -0.1) is 0 Å². The molecule has 0 spiro atoms. The van der Waals surface area contributed by atoms with Crippen LogP contribution in [0.1, 0.15) is 13.3 Å². The molecule has 0 radical (unpaired) electrons. The summed E-state index contributed by atoms with van der Waals surface area (Å²) >= 11 is 0. The van der Waals surface area contributed by atoms with Crippen molar-refractivity contribution in [2.45, 2.75) is 19.5 Å². The maximum atomic E-state index is 12.0. The van der Waals surface area contributed by atoms with Gasteiger partial charge in [0, 0.05) is 18.0 Å². The van der Waals surface area contributed by atoms with E-state index in [0.717, 1.165) is 0 Å². The lowest BCUT2D eigenvalue weighted by Crippen LogP contribution is -2.50. The Morgan fingerprint density at radius 1 is 1.62 bits per heavy atom. The summed E-state index contributed by atoms with van der Waals surface area (Å²) in [5.74, 6) is 0.0786. The number of nitrogens with one attached hydrogen (secondary N) is 1. The van der Waals surface area contributed by atoms with Crippen molar-refractivity contribution >= 4 is 5.91 Å². The number of aliphatic hydroxyl groups excluding tert-OH is 1. The number of fused-ring (bicyclic) bond motifs is 1. The van der Waals surface area contributed by atoms with Crippen LogP contribution in [-0.2, 0) is 4.79 Å². The molecule has 84 valence electrons. The van der Waals surface area contributed by atoms with Crippen molar-refractivity contribution < 1.29 is 9.90 Å². The molecule has 0 aromatic carbocycles. The number of allylic oxidation sites excluding steroid dienone is 4. The van der Waals surface area contributed by atoms with Crippen LogP contribution in [0.15, 0.2) is 48.0 Å². The molecule has 1 amide bonds. The standard InChI is InChI=1S/C12H14N2O2/c1-2-3-5-9-8-13-11-10(15)6-4-7-14(11)12(9)16/h2-4,6-8,11,13,15H,5H2,1H3/b3-2+. The average molecular weight is 218 g/mol. The van der Waals surface area contributed by atoms with Crippen LogP contribution in [0.2, 0.25) is 0 Å². The molecule has 1 unspecified atom stereocenters. The van der Waals surface area contributed by atoms with Gasteiger partial charge in [0.1, 0.15) is 5.76 Å². The van der Waals surface area contributed by atoms with E-state index in [-0.39, 0.29) is 11.7 Å². The Balaban J connectivity index is 2.21. The fourth-order valence-electron chi connectivity index (χ4n) is 1.70. The van der Waals surface area contributed by atoms with Crippen molar-refractivity contribution in [2.24, 2.45) is 0 Å². The molecule has 16 heavy (non-hydrogen) atoms. The largest absolute Gasteiger partial charge is 0.508 e. The first-order chi connectivity index (χ1) is 7.74. The Kier molecular flexibility index (Phi) is 2.81. The highest BCUT2D eigenvalue weighted by atomic mass is 16.3. The van der Waals surface area contributed by atoms with Gasteiger partial charge in [-0.25, -0.2) is 0 Å². The fourth-order valence-corrected chi connectivity index (χ4v) is 1.70. The fraction of sp³-hybridized carbons (Fsp3) is 0.250. The van der Waals surface area contributed by atoms with Gasteiger partial charge in [0.15, 0.2) is 6.17 Å². The third-order valence-corrected chi connectivity index (χ3v) is 2.57. The normalized spacial score (nSPS) is 23.9. The number of carbonyl (C=O) groups excluding carboxylic acids is 1. The minimum atomic E-state index is -0.452. The number of hydrogen-bond acceptors (Lipinski definition) is 3. The summed E-state index contributed by atoms with van der Waals surface area (Å²) in [6, 6.07) is 0. The van der Waals surface area contributed by atoms with Crippen molar-refractivity contribution in [3.63, 3.8) is 0 Å². The molecule has 0 aromatic rings. The zero-order valence-electron chi connectivity index (χ0n) is 9.05. The molecule has 0 fully saturated rings. The van der Waals surface area contributed by atoms with Crippen LogP contribution >= 0.6 is 0 Å². The molecule has 0 aromatic heterocycles. The highest BCUT2D eigenvalue weighted by Crippen LogP contribution is 2.20. The Morgan fingerprint density at radius 3 is 3.19 bits per heavy atom. The van der Waals surface area contributed by atoms with Crippen LogP contribution in [0.5, 0.6) is 0 Å². The molecule has 2 aliphatic rings. The zero-order chi connectivity index (χ0) is 11.5. The van der Waals surface area contributed by atoms with Gasteiger partial charge in [-0.1, -0.05) is 12.2 Å². The lowest BCUT2D eigenvalue weighted by atomic mass is 10.1. The summed E-state index contributed by atoms with van der Waals surface area (Å²) in [4.78, 5) is 13.5. The first-order valence-electron chi connectivity index (χ1n) is 5.20. The molecular formula is C12H14N2O2. The maximum Gasteiger partial charge on any atom is 0.257 e. The molecular weight excluding hydrogens is 204 g/mol. The van der Waals surface area contributed by atoms with Gasteiger partial charge < -0.3 is 10.4 Å². The second-order valence-electron chi connectivity index (χ2n) is 3.66. The van der Waals surface area contributed by atoms with Gasteiger partial charge in [-0.3, -0.25) is 9.69 Å². The number of carbonyl (C=O) groups is 1. The lowest BCUT2D eigenvalue weighted by Gasteiger charge is -2.34. The van der Waals surface area contributed by atoms with Crippen LogP contribution in [0.4, 0.5) is 0 Å². The predicted octanol–water partition coefficient (Wildman–Crippen LogP) is 1.56. The topological polar surface area (TPSA) is 52.6 Å². The van der Waals surface area contributed by atoms with Gasteiger partial charge >= 0.3 is 0 Å². The van der Waals surface area contributed by atoms with Gasteiger partial charge in [0.05, 0.1) is 0 Å². The lowest BCUT2D eigenvalue weighted by molar-refractivity contribution is -0.127. The van der Waals surface area contributed by atoms with Gasteiger partial charge in [-0.2, -0.15) is 0 Å². The zero-order valence-corrected chi connectivity index (χ0v) is 9.05. The second-order valence-corrected chi connectivity index (χ2v) is 3.66. The number of rotatable bonds is 2. The van der Waals surface area contributed by atoms with Crippen LogP contribution in [0.25, 0.3) is 0 Å². The van der Waals surface area contributed by atoms with Crippen LogP contribution in [0.3, 0.4) is 0 Å². The Labute approximate surface area is 94.2 Å². The van der Waals surface area contributed by atoms with Crippen molar-refractivity contribution in [2.75, 3.05) is 0 Å². The highest BCUT2D eigenvalue weighted by molar-refractivity contribution is 5.95. The van der Waals surface area contributed by atoms with Crippen molar-refractivity contribution in [3.05, 3.63) is 48.0 Å². The summed E-state index contributed by atoms with van der Waals surface area (Å²) in [6.07, 6.45) is 10.6. The molecule has 0 bridgehead atoms. The van der Waals surface area contributed by atoms with Crippen LogP contribution in [0, 0.1) is 0 Å². The van der Waals surface area contributed by atoms with Crippen molar-refractivity contribution in [3.8, 4) is 0 Å². The Bertz CT molecular complexity index is 419. The summed E-state index contributed by atoms with van der Waals surface area (Å²) in [5.41, 5.74) is 0.689. The Hall–Kier alpha value is -1.97. The highest BCUT2D eigenvalue weighted by Gasteiger charge is 2.31. The van der Waals surface area contributed by atoms with Gasteiger partial charge in [-0.05, 0) is 25.5 Å². The van der Waals surface area contributed by atoms with Gasteiger partial charge in [0.2, 0.25) is 0 Å². The smallest absolute Gasteiger partial charge is 0.257 e. The Morgan fingerprint density at radius 2 is 2.44 bits per heavy atom. The third kappa shape index (κ3) is 1.74. The first kappa shape index (κ1) is 10.5. The summed E-state index contributed by atoms with van der Waals surface area (Å²) in [5, 5.41) is 12.6. The van der Waals surface area contributed by atoms with Crippen LogP contribution in [-0.4, -0.2) is 22.1 Å².